The minimum Gasteiger partial charge on any atom is -0.464 e. The summed E-state index contributed by atoms with van der Waals surface area (Å²) in [4.78, 5) is 30.3. The van der Waals surface area contributed by atoms with E-state index in [4.69, 9.17) is 4.42 Å². The van der Waals surface area contributed by atoms with Crippen LogP contribution in [0.5, 0.6) is 0 Å². The van der Waals surface area contributed by atoms with E-state index in [1.165, 1.54) is 13.4 Å². The molecule has 0 saturated carbocycles. The van der Waals surface area contributed by atoms with Crippen molar-refractivity contribution in [3.05, 3.63) is 53.7 Å². The molecule has 0 N–H and O–H groups in total. The maximum absolute atomic E-state index is 12.6. The third kappa shape index (κ3) is 4.54. The van der Waals surface area contributed by atoms with E-state index in [1.807, 2.05) is 30.3 Å². The number of carbonyl (C=O) groups is 2. The van der Waals surface area contributed by atoms with E-state index in [9.17, 15) is 9.59 Å². The van der Waals surface area contributed by atoms with Gasteiger partial charge in [-0.2, -0.15) is 0 Å². The van der Waals surface area contributed by atoms with Crippen molar-refractivity contribution in [3.8, 4) is 0 Å². The Labute approximate surface area is 146 Å². The number of hydrogen-bond donors (Lipinski definition) is 0. The lowest BCUT2D eigenvalue weighted by molar-refractivity contribution is -0.124. The fourth-order valence-electron chi connectivity index (χ4n) is 3.18. The number of esters is 1. The Bertz CT molecular complexity index is 726. The van der Waals surface area contributed by atoms with Gasteiger partial charge in [0, 0.05) is 18.9 Å². The quantitative estimate of drug-likeness (QED) is 0.751. The van der Waals surface area contributed by atoms with Crippen molar-refractivity contribution in [3.63, 3.8) is 0 Å². The molecule has 0 radical (unpaired) electrons. The molecule has 6 nitrogen and oxygen atoms in total. The molecule has 0 bridgehead atoms. The maximum Gasteiger partial charge on any atom is 0.360 e. The molecule has 2 aromatic rings. The van der Waals surface area contributed by atoms with Gasteiger partial charge in [-0.1, -0.05) is 30.3 Å². The Morgan fingerprint density at radius 3 is 2.88 bits per heavy atom. The fourth-order valence-corrected chi connectivity index (χ4v) is 3.18. The largest absolute Gasteiger partial charge is 0.464 e. The van der Waals surface area contributed by atoms with Gasteiger partial charge in [0.05, 0.1) is 13.7 Å². The van der Waals surface area contributed by atoms with Gasteiger partial charge in [-0.25, -0.2) is 9.78 Å². The Hall–Kier alpha value is -2.47. The molecular weight excluding hydrogens is 320 g/mol. The van der Waals surface area contributed by atoms with E-state index < -0.39 is 5.97 Å². The number of likely N-dealkylation sites (tertiary alicyclic amines) is 1. The predicted octanol–water partition coefficient (Wildman–Crippen LogP) is 2.49. The van der Waals surface area contributed by atoms with Crippen LogP contribution in [-0.4, -0.2) is 41.8 Å². The molecule has 1 aliphatic rings. The zero-order valence-corrected chi connectivity index (χ0v) is 14.3. The lowest BCUT2D eigenvalue weighted by Crippen LogP contribution is -2.38. The van der Waals surface area contributed by atoms with E-state index in [0.717, 1.165) is 24.9 Å². The summed E-state index contributed by atoms with van der Waals surface area (Å²) in [5.41, 5.74) is 1.23. The van der Waals surface area contributed by atoms with Crippen LogP contribution in [0, 0.1) is 5.92 Å². The topological polar surface area (TPSA) is 72.6 Å². The van der Waals surface area contributed by atoms with Crippen molar-refractivity contribution in [1.29, 1.82) is 0 Å². The molecule has 6 heteroatoms. The van der Waals surface area contributed by atoms with Crippen LogP contribution >= 0.6 is 0 Å². The van der Waals surface area contributed by atoms with E-state index in [-0.39, 0.29) is 17.4 Å². The normalized spacial score (nSPS) is 18.0. The number of piperidine rings is 1. The highest BCUT2D eigenvalue weighted by atomic mass is 16.5. The second-order valence-corrected chi connectivity index (χ2v) is 6.32. The second kappa shape index (κ2) is 8.07. The first-order chi connectivity index (χ1) is 12.2. The molecule has 1 atom stereocenters. The summed E-state index contributed by atoms with van der Waals surface area (Å²) in [6.07, 6.45) is 3.67. The van der Waals surface area contributed by atoms with Crippen LogP contribution in [0.2, 0.25) is 0 Å². The molecule has 1 saturated heterocycles. The number of rotatable bonds is 6. The zero-order valence-electron chi connectivity index (χ0n) is 14.3. The van der Waals surface area contributed by atoms with Crippen LogP contribution in [0.15, 0.2) is 41.0 Å². The molecule has 0 aliphatic carbocycles. The number of ketones is 1. The first-order valence-corrected chi connectivity index (χ1v) is 8.47. The lowest BCUT2D eigenvalue weighted by Gasteiger charge is -2.31. The summed E-state index contributed by atoms with van der Waals surface area (Å²) in [6, 6.07) is 9.84. The summed E-state index contributed by atoms with van der Waals surface area (Å²) < 4.78 is 9.97. The van der Waals surface area contributed by atoms with Crippen LogP contribution in [0.1, 0.15) is 34.8 Å². The molecular formula is C19H22N2O4. The summed E-state index contributed by atoms with van der Waals surface area (Å²) in [5.74, 6) is 0.267. The molecule has 2 heterocycles. The highest BCUT2D eigenvalue weighted by Crippen LogP contribution is 2.21. The van der Waals surface area contributed by atoms with Crippen LogP contribution in [0.25, 0.3) is 0 Å². The van der Waals surface area contributed by atoms with Crippen molar-refractivity contribution in [2.24, 2.45) is 5.92 Å². The summed E-state index contributed by atoms with van der Waals surface area (Å²) in [7, 11) is 1.31. The Balaban J connectivity index is 1.56. The molecule has 0 spiro atoms. The van der Waals surface area contributed by atoms with Gasteiger partial charge in [0.2, 0.25) is 5.89 Å². The number of benzene rings is 1. The third-order valence-corrected chi connectivity index (χ3v) is 4.49. The molecule has 25 heavy (non-hydrogen) atoms. The van der Waals surface area contributed by atoms with Crippen LogP contribution in [0.4, 0.5) is 0 Å². The third-order valence-electron chi connectivity index (χ3n) is 4.49. The van der Waals surface area contributed by atoms with Crippen molar-refractivity contribution < 1.29 is 18.7 Å². The molecule has 1 aromatic heterocycles. The summed E-state index contributed by atoms with van der Waals surface area (Å²) in [6.45, 7) is 2.08. The highest BCUT2D eigenvalue weighted by molar-refractivity contribution is 5.86. The van der Waals surface area contributed by atoms with Gasteiger partial charge in [-0.05, 0) is 24.9 Å². The first-order valence-electron chi connectivity index (χ1n) is 8.47. The number of Topliss-reactive ketones (excluding diaryl/α,β-unsaturated/α-hetero) is 1. The lowest BCUT2D eigenvalue weighted by atomic mass is 9.90. The molecule has 132 valence electrons. The molecule has 1 aliphatic heterocycles. The minimum absolute atomic E-state index is 0.0315. The maximum atomic E-state index is 12.6. The smallest absolute Gasteiger partial charge is 0.360 e. The fraction of sp³-hybridized carbons (Fsp3) is 0.421. The van der Waals surface area contributed by atoms with Gasteiger partial charge in [-0.15, -0.1) is 0 Å². The van der Waals surface area contributed by atoms with Gasteiger partial charge >= 0.3 is 5.97 Å². The van der Waals surface area contributed by atoms with Gasteiger partial charge < -0.3 is 9.15 Å². The van der Waals surface area contributed by atoms with Gasteiger partial charge in [0.1, 0.15) is 12.0 Å². The monoisotopic (exact) mass is 342 g/mol. The Morgan fingerprint density at radius 1 is 1.32 bits per heavy atom. The number of nitrogens with zero attached hydrogens (tertiary/aromatic N) is 2. The van der Waals surface area contributed by atoms with Crippen molar-refractivity contribution in [2.45, 2.75) is 25.8 Å². The number of carbonyl (C=O) groups excluding carboxylic acids is 2. The number of ether oxygens (including phenoxy) is 1. The van der Waals surface area contributed by atoms with Crippen molar-refractivity contribution >= 4 is 11.8 Å². The average molecular weight is 342 g/mol. The highest BCUT2D eigenvalue weighted by Gasteiger charge is 2.26. The predicted molar refractivity (Wildman–Crippen MR) is 91.0 cm³/mol. The van der Waals surface area contributed by atoms with E-state index in [0.29, 0.717) is 25.4 Å². The van der Waals surface area contributed by atoms with Crippen LogP contribution < -0.4 is 0 Å². The average Bonchev–Trinajstić information content (AvgIpc) is 3.10. The zero-order chi connectivity index (χ0) is 17.6. The van der Waals surface area contributed by atoms with Gasteiger partial charge in [0.25, 0.3) is 0 Å². The van der Waals surface area contributed by atoms with E-state index >= 15 is 0 Å². The van der Waals surface area contributed by atoms with E-state index in [1.54, 1.807) is 0 Å². The number of methoxy groups -OCH3 is 1. The summed E-state index contributed by atoms with van der Waals surface area (Å²) in [5, 5.41) is 0. The minimum atomic E-state index is -0.510. The number of aromatic nitrogens is 1. The van der Waals surface area contributed by atoms with Gasteiger partial charge in [-0.3, -0.25) is 9.69 Å². The number of hydrogen-bond acceptors (Lipinski definition) is 6. The van der Waals surface area contributed by atoms with Crippen molar-refractivity contribution in [1.82, 2.24) is 9.88 Å². The first kappa shape index (κ1) is 17.4. The molecule has 1 fully saturated rings. The van der Waals surface area contributed by atoms with Crippen molar-refractivity contribution in [2.75, 3.05) is 20.2 Å². The standard InChI is InChI=1S/C19H22N2O4/c1-24-19(23)16-13-25-18(20-16)12-21-9-5-8-15(11-21)17(22)10-14-6-3-2-4-7-14/h2-4,6-7,13,15H,5,8-12H2,1H3/t15-/m0/s1. The summed E-state index contributed by atoms with van der Waals surface area (Å²) >= 11 is 0. The van der Waals surface area contributed by atoms with Crippen LogP contribution in [-0.2, 0) is 22.5 Å². The molecule has 0 unspecified atom stereocenters. The second-order valence-electron chi connectivity index (χ2n) is 6.32. The SMILES string of the molecule is COC(=O)c1coc(CN2CCC[C@H](C(=O)Cc3ccccc3)C2)n1. The van der Waals surface area contributed by atoms with Crippen LogP contribution in [0.3, 0.4) is 0 Å². The molecule has 1 aromatic carbocycles. The Kier molecular flexibility index (Phi) is 5.60. The van der Waals surface area contributed by atoms with E-state index in [2.05, 4.69) is 14.6 Å². The van der Waals surface area contributed by atoms with Gasteiger partial charge in [0.15, 0.2) is 5.69 Å². The molecule has 3 rings (SSSR count). The Morgan fingerprint density at radius 2 is 2.12 bits per heavy atom. The number of oxazole rings is 1. The molecule has 0 amide bonds.